The maximum Gasteiger partial charge on any atom is 0.335 e. The molecule has 0 aromatic rings. The fraction of sp³-hybridized carbons (Fsp3) is 0.917. The second-order valence-electron chi connectivity index (χ2n) is 23.5. The number of aliphatic hydroxyl groups excluding tert-OH is 10. The monoisotopic (exact) mass is 956 g/mol. The number of carbonyl (C=O) groups is 2. The Bertz CT molecular complexity index is 1870. The van der Waals surface area contributed by atoms with E-state index in [2.05, 4.69) is 54.5 Å². The molecule has 0 spiro atoms. The van der Waals surface area contributed by atoms with Crippen molar-refractivity contribution >= 4 is 11.9 Å². The third-order valence-corrected chi connectivity index (χ3v) is 19.3. The third-order valence-electron chi connectivity index (χ3n) is 19.3. The van der Waals surface area contributed by atoms with Crippen LogP contribution < -0.4 is 0 Å². The molecular formula is C48H76O19. The average molecular weight is 957 g/mol. The maximum absolute atomic E-state index is 14.7. The number of hydrogen-bond acceptors (Lipinski definition) is 18. The highest BCUT2D eigenvalue weighted by Crippen LogP contribution is 2.76. The lowest BCUT2D eigenvalue weighted by atomic mass is 9.33. The molecule has 0 aromatic heterocycles. The van der Waals surface area contributed by atoms with Gasteiger partial charge in [-0.05, 0) is 109 Å². The fourth-order valence-electron chi connectivity index (χ4n) is 15.0. The Labute approximate surface area is 391 Å². The average Bonchev–Trinajstić information content (AvgIpc) is 3.26. The molecule has 11 N–H and O–H groups in total. The van der Waals surface area contributed by atoms with Gasteiger partial charge in [0.15, 0.2) is 18.7 Å². The van der Waals surface area contributed by atoms with Crippen LogP contribution >= 0.6 is 0 Å². The Morgan fingerprint density at radius 1 is 0.642 bits per heavy atom. The van der Waals surface area contributed by atoms with Gasteiger partial charge in [-0.25, -0.2) is 4.79 Å². The normalized spacial score (nSPS) is 52.6. The molecule has 19 nitrogen and oxygen atoms in total. The van der Waals surface area contributed by atoms with Crippen LogP contribution in [0.3, 0.4) is 0 Å². The van der Waals surface area contributed by atoms with Crippen LogP contribution in [0, 0.1) is 50.2 Å². The minimum atomic E-state index is -1.97. The van der Waals surface area contributed by atoms with Crippen molar-refractivity contribution in [1.29, 1.82) is 0 Å². The number of rotatable bonds is 9. The molecule has 0 bridgehead atoms. The van der Waals surface area contributed by atoms with Gasteiger partial charge in [0.1, 0.15) is 67.1 Å². The summed E-state index contributed by atoms with van der Waals surface area (Å²) in [5.74, 6) is -1.91. The molecule has 3 heterocycles. The quantitative estimate of drug-likeness (QED) is 0.0838. The van der Waals surface area contributed by atoms with Gasteiger partial charge < -0.3 is 84.6 Å². The fourth-order valence-corrected chi connectivity index (χ4v) is 15.0. The Kier molecular flexibility index (Phi) is 13.8. The number of ether oxygens (including phenoxy) is 6. The van der Waals surface area contributed by atoms with Crippen LogP contribution in [-0.4, -0.2) is 180 Å². The van der Waals surface area contributed by atoms with Crippen molar-refractivity contribution in [3.63, 3.8) is 0 Å². The van der Waals surface area contributed by atoms with Gasteiger partial charge >= 0.3 is 11.9 Å². The van der Waals surface area contributed by atoms with E-state index in [-0.39, 0.29) is 39.4 Å². The van der Waals surface area contributed by atoms with Gasteiger partial charge in [0.05, 0.1) is 24.7 Å². The topological polar surface area (TPSA) is 312 Å². The van der Waals surface area contributed by atoms with Crippen LogP contribution in [0.1, 0.15) is 113 Å². The highest BCUT2D eigenvalue weighted by Gasteiger charge is 2.70. The lowest BCUT2D eigenvalue weighted by Gasteiger charge is -2.71. The highest BCUT2D eigenvalue weighted by molar-refractivity contribution is 5.79. The van der Waals surface area contributed by atoms with Crippen molar-refractivity contribution < 1.29 is 94.2 Å². The number of carbonyl (C=O) groups excluding carboxylic acids is 1. The van der Waals surface area contributed by atoms with E-state index in [1.54, 1.807) is 0 Å². The molecule has 0 aromatic carbocycles. The summed E-state index contributed by atoms with van der Waals surface area (Å²) in [6.45, 7) is 14.4. The van der Waals surface area contributed by atoms with Gasteiger partial charge in [0.2, 0.25) is 6.29 Å². The summed E-state index contributed by atoms with van der Waals surface area (Å²) < 4.78 is 35.2. The van der Waals surface area contributed by atoms with Crippen LogP contribution in [0.25, 0.3) is 0 Å². The molecular weight excluding hydrogens is 881 g/mol. The standard InChI is InChI=1S/C48H76O19/c1-43(2)14-16-48(42(61)67-40-33(56)31(54)29(52)24(20-50)63-40)17-15-46(6)21(22(48)18-43)8-9-26-45(5)12-11-27(44(3,4)25(45)10-13-47(26,46)7)64-41-35(58)36(34(57)37(66-41)38(59)60)65-39-32(55)30(53)28(51)23(19-49)62-39/h8,22-37,39-41,49-58H,9-20H2,1-7H3,(H,59,60)/t22-,23+,24+,25-,26+,27?,28-,29+,30-,31-,32+,33+,34-,35+,36-,37-,39-,40-,41+,45-,46+,47+,48-/m0/s1. The molecule has 3 aliphatic heterocycles. The van der Waals surface area contributed by atoms with Gasteiger partial charge in [0, 0.05) is 0 Å². The highest BCUT2D eigenvalue weighted by atomic mass is 16.7. The van der Waals surface area contributed by atoms with Crippen molar-refractivity contribution in [2.75, 3.05) is 13.2 Å². The van der Waals surface area contributed by atoms with E-state index in [0.29, 0.717) is 25.7 Å². The van der Waals surface area contributed by atoms with E-state index in [1.165, 1.54) is 5.57 Å². The van der Waals surface area contributed by atoms with Crippen LogP contribution in [0.2, 0.25) is 0 Å². The van der Waals surface area contributed by atoms with E-state index in [1.807, 2.05) is 0 Å². The molecule has 1 unspecified atom stereocenters. The van der Waals surface area contributed by atoms with E-state index in [0.717, 1.165) is 38.5 Å². The van der Waals surface area contributed by atoms with Gasteiger partial charge in [-0.2, -0.15) is 0 Å². The van der Waals surface area contributed by atoms with Gasteiger partial charge in [0.25, 0.3) is 0 Å². The number of allylic oxidation sites excluding steroid dienone is 2. The minimum absolute atomic E-state index is 0.0786. The number of esters is 1. The van der Waals surface area contributed by atoms with Crippen LogP contribution in [-0.2, 0) is 38.0 Å². The zero-order chi connectivity index (χ0) is 49.1. The summed E-state index contributed by atoms with van der Waals surface area (Å²) in [5, 5.41) is 115. The summed E-state index contributed by atoms with van der Waals surface area (Å²) in [6.07, 6.45) is -16.4. The summed E-state index contributed by atoms with van der Waals surface area (Å²) in [7, 11) is 0. The second kappa shape index (κ2) is 18.0. The molecule has 0 radical (unpaired) electrons. The molecule has 8 rings (SSSR count). The van der Waals surface area contributed by atoms with Crippen molar-refractivity contribution in [2.24, 2.45) is 50.2 Å². The Hall–Kier alpha value is -1.92. The number of aliphatic carboxylic acids is 1. The molecule has 7 fully saturated rings. The van der Waals surface area contributed by atoms with Crippen LogP contribution in [0.15, 0.2) is 11.6 Å². The molecule has 8 aliphatic rings. The van der Waals surface area contributed by atoms with Crippen molar-refractivity contribution in [3.05, 3.63) is 11.6 Å². The molecule has 382 valence electrons. The molecule has 5 aliphatic carbocycles. The first-order valence-electron chi connectivity index (χ1n) is 24.3. The first-order valence-corrected chi connectivity index (χ1v) is 24.3. The Morgan fingerprint density at radius 2 is 1.22 bits per heavy atom. The largest absolute Gasteiger partial charge is 0.479 e. The van der Waals surface area contributed by atoms with Crippen molar-refractivity contribution in [3.8, 4) is 0 Å². The number of carboxylic acid groups (broad SMARTS) is 1. The maximum atomic E-state index is 14.7. The first kappa shape index (κ1) is 51.4. The Balaban J connectivity index is 1.03. The zero-order valence-corrected chi connectivity index (χ0v) is 39.7. The minimum Gasteiger partial charge on any atom is -0.479 e. The summed E-state index contributed by atoms with van der Waals surface area (Å²) in [5.41, 5.74) is -0.975. The van der Waals surface area contributed by atoms with Crippen molar-refractivity contribution in [1.82, 2.24) is 0 Å². The number of fused-ring (bicyclic) bond motifs is 7. The Morgan fingerprint density at radius 3 is 1.84 bits per heavy atom. The summed E-state index contributed by atoms with van der Waals surface area (Å²) in [4.78, 5) is 27.1. The van der Waals surface area contributed by atoms with E-state index in [4.69, 9.17) is 28.4 Å². The second-order valence-corrected chi connectivity index (χ2v) is 23.5. The zero-order valence-electron chi connectivity index (χ0n) is 39.7. The number of aliphatic hydroxyl groups is 10. The van der Waals surface area contributed by atoms with Crippen LogP contribution in [0.4, 0.5) is 0 Å². The SMILES string of the molecule is CC1(C)CC[C@]2(C(=O)O[C@@H]3O[C@H](CO)[C@@H](O)[C@H](O)[C@H]3O)CC[C@]3(C)C(=CC[C@@H]4[C@@]5(C)CCC(O[C@@H]6O[C@H](C(=O)O)[C@@H](O)[C@H](O[C@@H]7O[C@H](CO)[C@H](O)[C@H](O)[C@H]7O)[C@H]6O)C(C)(C)[C@@H]5CC[C@]43C)[C@@H]2C1. The molecule has 4 saturated carbocycles. The predicted octanol–water partition coefficient (Wildman–Crippen LogP) is 0.233. The van der Waals surface area contributed by atoms with Gasteiger partial charge in [-0.3, -0.25) is 4.79 Å². The summed E-state index contributed by atoms with van der Waals surface area (Å²) >= 11 is 0. The lowest BCUT2D eigenvalue weighted by molar-refractivity contribution is -0.365. The lowest BCUT2D eigenvalue weighted by Crippen LogP contribution is -2.67. The molecule has 23 atom stereocenters. The molecule has 3 saturated heterocycles. The molecule has 19 heteroatoms. The van der Waals surface area contributed by atoms with Crippen molar-refractivity contribution in [2.45, 2.75) is 211 Å². The van der Waals surface area contributed by atoms with Crippen LogP contribution in [0.5, 0.6) is 0 Å². The smallest absolute Gasteiger partial charge is 0.335 e. The number of hydrogen-bond donors (Lipinski definition) is 11. The van der Waals surface area contributed by atoms with E-state index in [9.17, 15) is 65.8 Å². The van der Waals surface area contributed by atoms with Gasteiger partial charge in [-0.1, -0.05) is 60.1 Å². The molecule has 0 amide bonds. The van der Waals surface area contributed by atoms with Gasteiger partial charge in [-0.15, -0.1) is 0 Å². The third kappa shape index (κ3) is 8.06. The summed E-state index contributed by atoms with van der Waals surface area (Å²) in [6, 6.07) is 0. The number of carboxylic acids is 1. The van der Waals surface area contributed by atoms with E-state index >= 15 is 0 Å². The molecule has 67 heavy (non-hydrogen) atoms. The predicted molar refractivity (Wildman–Crippen MR) is 231 cm³/mol. The van der Waals surface area contributed by atoms with E-state index < -0.39 is 134 Å². The first-order chi connectivity index (χ1) is 31.2.